The maximum absolute atomic E-state index is 5.86. The Balaban J connectivity index is 1.68. The van der Waals surface area contributed by atoms with E-state index in [0.717, 1.165) is 18.2 Å². The second-order valence-corrected chi connectivity index (χ2v) is 7.19. The second-order valence-electron chi connectivity index (χ2n) is 7.19. The van der Waals surface area contributed by atoms with Crippen molar-refractivity contribution in [2.45, 2.75) is 46.5 Å². The minimum Gasteiger partial charge on any atom is -0.384 e. The van der Waals surface area contributed by atoms with Crippen molar-refractivity contribution in [2.75, 3.05) is 17.6 Å². The summed E-state index contributed by atoms with van der Waals surface area (Å²) in [6.07, 6.45) is 2.40. The Labute approximate surface area is 115 Å². The molecule has 0 saturated heterocycles. The lowest BCUT2D eigenvalue weighted by molar-refractivity contribution is 0.457. The van der Waals surface area contributed by atoms with Crippen LogP contribution in [0.4, 0.5) is 11.6 Å². The number of hydrogen-bond donors (Lipinski definition) is 2. The van der Waals surface area contributed by atoms with Gasteiger partial charge in [-0.1, -0.05) is 27.7 Å². The van der Waals surface area contributed by atoms with Gasteiger partial charge >= 0.3 is 0 Å². The molecular weight excluding hydrogens is 236 g/mol. The van der Waals surface area contributed by atoms with Crippen LogP contribution < -0.4 is 11.1 Å². The van der Waals surface area contributed by atoms with Gasteiger partial charge in [0.15, 0.2) is 0 Å². The Morgan fingerprint density at radius 2 is 1.84 bits per heavy atom. The Kier molecular flexibility index (Phi) is 2.57. The molecule has 0 unspecified atom stereocenters. The summed E-state index contributed by atoms with van der Waals surface area (Å²) in [6.45, 7) is 10.3. The molecule has 0 amide bonds. The molecule has 19 heavy (non-hydrogen) atoms. The van der Waals surface area contributed by atoms with E-state index in [1.807, 2.05) is 6.07 Å². The maximum atomic E-state index is 5.86. The van der Waals surface area contributed by atoms with Gasteiger partial charge in [0, 0.05) is 18.5 Å². The predicted molar refractivity (Wildman–Crippen MR) is 78.0 cm³/mol. The summed E-state index contributed by atoms with van der Waals surface area (Å²) in [5.41, 5.74) is 6.66. The lowest BCUT2D eigenvalue weighted by Crippen LogP contribution is -2.11. The monoisotopic (exact) mass is 260 g/mol. The molecule has 4 nitrogen and oxygen atoms in total. The quantitative estimate of drug-likeness (QED) is 0.873. The zero-order valence-electron chi connectivity index (χ0n) is 12.3. The van der Waals surface area contributed by atoms with Gasteiger partial charge in [-0.3, -0.25) is 0 Å². The van der Waals surface area contributed by atoms with Crippen molar-refractivity contribution in [3.05, 3.63) is 11.9 Å². The molecule has 1 heterocycles. The van der Waals surface area contributed by atoms with Crippen LogP contribution in [0.3, 0.4) is 0 Å². The van der Waals surface area contributed by atoms with Crippen LogP contribution in [0.5, 0.6) is 0 Å². The highest BCUT2D eigenvalue weighted by Gasteiger charge is 2.64. The third kappa shape index (κ3) is 2.07. The molecule has 0 atom stereocenters. The van der Waals surface area contributed by atoms with Crippen LogP contribution in [0.2, 0.25) is 0 Å². The third-order valence-corrected chi connectivity index (χ3v) is 5.51. The van der Waals surface area contributed by atoms with E-state index >= 15 is 0 Å². The third-order valence-electron chi connectivity index (χ3n) is 5.51. The summed E-state index contributed by atoms with van der Waals surface area (Å²) in [5.74, 6) is 3.59. The van der Waals surface area contributed by atoms with E-state index in [0.29, 0.717) is 28.5 Å². The van der Waals surface area contributed by atoms with Crippen LogP contribution in [0.15, 0.2) is 6.07 Å². The zero-order valence-corrected chi connectivity index (χ0v) is 12.3. The lowest BCUT2D eigenvalue weighted by atomic mass is 10.0. The number of rotatable bonds is 4. The fourth-order valence-electron chi connectivity index (χ4n) is 3.15. The highest BCUT2D eigenvalue weighted by molar-refractivity contribution is 5.45. The maximum Gasteiger partial charge on any atom is 0.136 e. The molecule has 2 aliphatic carbocycles. The summed E-state index contributed by atoms with van der Waals surface area (Å²) < 4.78 is 0. The van der Waals surface area contributed by atoms with Gasteiger partial charge in [-0.05, 0) is 29.6 Å². The first kappa shape index (κ1) is 12.7. The van der Waals surface area contributed by atoms with Gasteiger partial charge in [-0.15, -0.1) is 0 Å². The molecule has 0 aromatic carbocycles. The summed E-state index contributed by atoms with van der Waals surface area (Å²) in [4.78, 5) is 8.91. The van der Waals surface area contributed by atoms with Crippen molar-refractivity contribution in [3.63, 3.8) is 0 Å². The molecule has 0 bridgehead atoms. The topological polar surface area (TPSA) is 63.8 Å². The Hall–Kier alpha value is -1.32. The van der Waals surface area contributed by atoms with Gasteiger partial charge < -0.3 is 11.1 Å². The van der Waals surface area contributed by atoms with Crippen molar-refractivity contribution in [3.8, 4) is 0 Å². The van der Waals surface area contributed by atoms with Gasteiger partial charge in [-0.25, -0.2) is 9.97 Å². The first-order valence-corrected chi connectivity index (χ1v) is 7.20. The van der Waals surface area contributed by atoms with Crippen molar-refractivity contribution >= 4 is 11.6 Å². The van der Waals surface area contributed by atoms with Gasteiger partial charge in [0.05, 0.1) is 0 Å². The number of anilines is 2. The minimum absolute atomic E-state index is 0.401. The summed E-state index contributed by atoms with van der Waals surface area (Å²) >= 11 is 0. The summed E-state index contributed by atoms with van der Waals surface area (Å²) in [7, 11) is 0. The molecule has 1 aromatic rings. The molecule has 4 heteroatoms. The number of hydrogen-bond acceptors (Lipinski definition) is 4. The highest BCUT2D eigenvalue weighted by atomic mass is 15.1. The number of nitrogens with two attached hydrogens (primary N) is 1. The van der Waals surface area contributed by atoms with Crippen molar-refractivity contribution in [1.29, 1.82) is 0 Å². The molecule has 0 aliphatic heterocycles. The average Bonchev–Trinajstić information content (AvgIpc) is 3.16. The van der Waals surface area contributed by atoms with Crippen LogP contribution >= 0.6 is 0 Å². The fraction of sp³-hybridized carbons (Fsp3) is 0.733. The highest BCUT2D eigenvalue weighted by Crippen LogP contribution is 2.68. The van der Waals surface area contributed by atoms with Crippen LogP contribution in [0, 0.1) is 16.7 Å². The first-order valence-electron chi connectivity index (χ1n) is 7.20. The number of nitrogens with zero attached hydrogens (tertiary/aromatic N) is 2. The van der Waals surface area contributed by atoms with Gasteiger partial charge in [0.2, 0.25) is 0 Å². The molecule has 3 rings (SSSR count). The van der Waals surface area contributed by atoms with E-state index in [9.17, 15) is 0 Å². The normalized spacial score (nSPS) is 24.2. The van der Waals surface area contributed by atoms with E-state index in [2.05, 4.69) is 43.0 Å². The summed E-state index contributed by atoms with van der Waals surface area (Å²) in [5, 5.41) is 3.45. The molecule has 2 saturated carbocycles. The largest absolute Gasteiger partial charge is 0.384 e. The van der Waals surface area contributed by atoms with E-state index in [-0.39, 0.29) is 0 Å². The number of nitrogens with one attached hydrogen (secondary N) is 1. The Bertz CT molecular complexity index is 489. The first-order chi connectivity index (χ1) is 8.82. The molecular formula is C15H24N4. The SMILES string of the molecule is CC1(C)C(CNc2cc(N)nc(C3CC3)n2)C1(C)C. The minimum atomic E-state index is 0.401. The van der Waals surface area contributed by atoms with Crippen LogP contribution in [-0.4, -0.2) is 16.5 Å². The van der Waals surface area contributed by atoms with Crippen LogP contribution in [0.1, 0.15) is 52.3 Å². The van der Waals surface area contributed by atoms with Gasteiger partial charge in [0.1, 0.15) is 17.5 Å². The Morgan fingerprint density at radius 1 is 1.21 bits per heavy atom. The number of aromatic nitrogens is 2. The zero-order chi connectivity index (χ0) is 13.8. The molecule has 0 spiro atoms. The predicted octanol–water partition coefficient (Wildman–Crippen LogP) is 3.03. The lowest BCUT2D eigenvalue weighted by Gasteiger charge is -2.09. The van der Waals surface area contributed by atoms with E-state index in [1.165, 1.54) is 12.8 Å². The van der Waals surface area contributed by atoms with Crippen molar-refractivity contribution in [2.24, 2.45) is 16.7 Å². The Morgan fingerprint density at radius 3 is 2.37 bits per heavy atom. The van der Waals surface area contributed by atoms with Crippen molar-refractivity contribution in [1.82, 2.24) is 9.97 Å². The fourth-order valence-corrected chi connectivity index (χ4v) is 3.15. The average molecular weight is 260 g/mol. The van der Waals surface area contributed by atoms with E-state index in [1.54, 1.807) is 0 Å². The van der Waals surface area contributed by atoms with E-state index < -0.39 is 0 Å². The number of nitrogen functional groups attached to an aromatic ring is 1. The smallest absolute Gasteiger partial charge is 0.136 e. The molecule has 0 radical (unpaired) electrons. The van der Waals surface area contributed by atoms with Crippen LogP contribution in [0.25, 0.3) is 0 Å². The van der Waals surface area contributed by atoms with Gasteiger partial charge in [0.25, 0.3) is 0 Å². The molecule has 1 aromatic heterocycles. The molecule has 3 N–H and O–H groups in total. The molecule has 104 valence electrons. The van der Waals surface area contributed by atoms with Crippen molar-refractivity contribution < 1.29 is 0 Å². The molecule has 2 fully saturated rings. The standard InChI is InChI=1S/C15H24N4/c1-14(2)10(15(14,3)4)8-17-12-7-11(16)18-13(19-12)9-5-6-9/h7,9-10H,5-6,8H2,1-4H3,(H3,16,17,18,19). The van der Waals surface area contributed by atoms with Gasteiger partial charge in [-0.2, -0.15) is 0 Å². The van der Waals surface area contributed by atoms with E-state index in [4.69, 9.17) is 5.73 Å². The van der Waals surface area contributed by atoms with Crippen LogP contribution in [-0.2, 0) is 0 Å². The molecule has 2 aliphatic rings. The summed E-state index contributed by atoms with van der Waals surface area (Å²) in [6, 6.07) is 1.84. The second kappa shape index (κ2) is 3.84.